The van der Waals surface area contributed by atoms with Gasteiger partial charge in [-0.05, 0) is 6.42 Å². The van der Waals surface area contributed by atoms with Crippen LogP contribution in [0.4, 0.5) is 0 Å². The molecule has 1 heterocycles. The standard InChI is InChI=1S/C10H14N2O5S/c1-5(13)11-3-2-7(14)8(15)6-4-18-9(12-6)10(16)17/h4,7-8,14-15H,2-3H2,1H3,(H,11,13)(H,16,17)/p-1. The third kappa shape index (κ3) is 4.06. The number of amides is 1. The molecule has 2 atom stereocenters. The van der Waals surface area contributed by atoms with Gasteiger partial charge in [0.05, 0.1) is 11.8 Å². The number of aromatic nitrogens is 1. The Balaban J connectivity index is 2.53. The van der Waals surface area contributed by atoms with E-state index in [1.165, 1.54) is 12.3 Å². The van der Waals surface area contributed by atoms with Crippen LogP contribution in [0.3, 0.4) is 0 Å². The number of hydrogen-bond donors (Lipinski definition) is 3. The Kier molecular flexibility index (Phi) is 5.20. The zero-order valence-electron chi connectivity index (χ0n) is 9.62. The van der Waals surface area contributed by atoms with Crippen molar-refractivity contribution < 1.29 is 24.9 Å². The van der Waals surface area contributed by atoms with Gasteiger partial charge in [-0.1, -0.05) is 0 Å². The molecule has 8 heteroatoms. The molecule has 0 bridgehead atoms. The molecule has 0 aliphatic rings. The Hall–Kier alpha value is -1.51. The van der Waals surface area contributed by atoms with Gasteiger partial charge in [0.2, 0.25) is 5.91 Å². The fourth-order valence-electron chi connectivity index (χ4n) is 1.27. The predicted octanol–water partition coefficient (Wildman–Crippen LogP) is -1.57. The topological polar surface area (TPSA) is 123 Å². The molecule has 7 nitrogen and oxygen atoms in total. The average molecular weight is 273 g/mol. The van der Waals surface area contributed by atoms with Gasteiger partial charge >= 0.3 is 0 Å². The lowest BCUT2D eigenvalue weighted by atomic mass is 10.1. The summed E-state index contributed by atoms with van der Waals surface area (Å²) in [5.74, 6) is -1.66. The number of aliphatic hydroxyl groups excluding tert-OH is 2. The van der Waals surface area contributed by atoms with Crippen LogP contribution in [-0.4, -0.2) is 39.7 Å². The smallest absolute Gasteiger partial charge is 0.216 e. The van der Waals surface area contributed by atoms with Gasteiger partial charge in [0.15, 0.2) is 0 Å². The Morgan fingerprint density at radius 3 is 2.72 bits per heavy atom. The van der Waals surface area contributed by atoms with E-state index in [4.69, 9.17) is 0 Å². The van der Waals surface area contributed by atoms with Gasteiger partial charge in [0, 0.05) is 18.8 Å². The molecule has 1 rings (SSSR count). The molecule has 0 aromatic carbocycles. The van der Waals surface area contributed by atoms with Crippen molar-refractivity contribution in [3.63, 3.8) is 0 Å². The monoisotopic (exact) mass is 273 g/mol. The average Bonchev–Trinajstić information content (AvgIpc) is 2.76. The highest BCUT2D eigenvalue weighted by Crippen LogP contribution is 2.20. The zero-order valence-corrected chi connectivity index (χ0v) is 10.4. The lowest BCUT2D eigenvalue weighted by Gasteiger charge is -2.15. The summed E-state index contributed by atoms with van der Waals surface area (Å²) in [6.07, 6.45) is -2.28. The number of nitrogens with zero attached hydrogens (tertiary/aromatic N) is 1. The highest BCUT2D eigenvalue weighted by molar-refractivity contribution is 7.11. The third-order valence-electron chi connectivity index (χ3n) is 2.18. The molecule has 100 valence electrons. The maximum Gasteiger partial charge on any atom is 0.216 e. The van der Waals surface area contributed by atoms with Gasteiger partial charge in [-0.3, -0.25) is 4.79 Å². The molecule has 18 heavy (non-hydrogen) atoms. The summed E-state index contributed by atoms with van der Waals surface area (Å²) in [5, 5.41) is 33.4. The van der Waals surface area contributed by atoms with Crippen molar-refractivity contribution in [2.45, 2.75) is 25.6 Å². The fourth-order valence-corrected chi connectivity index (χ4v) is 1.95. The van der Waals surface area contributed by atoms with E-state index in [-0.39, 0.29) is 29.6 Å². The molecule has 0 fully saturated rings. The Morgan fingerprint density at radius 1 is 1.56 bits per heavy atom. The fraction of sp³-hybridized carbons (Fsp3) is 0.500. The number of carbonyl (C=O) groups is 2. The van der Waals surface area contributed by atoms with Crippen LogP contribution in [0.25, 0.3) is 0 Å². The minimum absolute atomic E-state index is 0.0783. The Labute approximate surface area is 107 Å². The minimum atomic E-state index is -1.42. The van der Waals surface area contributed by atoms with E-state index in [0.717, 1.165) is 11.3 Å². The summed E-state index contributed by atoms with van der Waals surface area (Å²) in [6.45, 7) is 1.56. The maximum atomic E-state index is 10.6. The highest BCUT2D eigenvalue weighted by Gasteiger charge is 2.21. The van der Waals surface area contributed by atoms with Crippen LogP contribution in [0.1, 0.15) is 34.9 Å². The number of rotatable bonds is 6. The van der Waals surface area contributed by atoms with Crippen molar-refractivity contribution in [1.29, 1.82) is 0 Å². The molecule has 1 aromatic heterocycles. The van der Waals surface area contributed by atoms with Crippen molar-refractivity contribution in [2.75, 3.05) is 6.54 Å². The first-order valence-corrected chi connectivity index (χ1v) is 6.07. The van der Waals surface area contributed by atoms with E-state index < -0.39 is 18.2 Å². The van der Waals surface area contributed by atoms with Crippen LogP contribution in [0.5, 0.6) is 0 Å². The van der Waals surface area contributed by atoms with Gasteiger partial charge in [-0.25, -0.2) is 4.98 Å². The van der Waals surface area contributed by atoms with Gasteiger partial charge in [-0.15, -0.1) is 11.3 Å². The molecule has 0 spiro atoms. The summed E-state index contributed by atoms with van der Waals surface area (Å²) < 4.78 is 0. The largest absolute Gasteiger partial charge is 0.542 e. The second-order valence-corrected chi connectivity index (χ2v) is 4.51. The molecule has 1 aromatic rings. The minimum Gasteiger partial charge on any atom is -0.542 e. The first kappa shape index (κ1) is 14.6. The van der Waals surface area contributed by atoms with E-state index in [0.29, 0.717) is 0 Å². The van der Waals surface area contributed by atoms with Crippen LogP contribution < -0.4 is 10.4 Å². The second-order valence-electron chi connectivity index (χ2n) is 3.65. The summed E-state index contributed by atoms with van der Waals surface area (Å²) >= 11 is 0.818. The number of nitrogens with one attached hydrogen (secondary N) is 1. The zero-order chi connectivity index (χ0) is 13.7. The van der Waals surface area contributed by atoms with Crippen molar-refractivity contribution in [1.82, 2.24) is 10.3 Å². The molecule has 3 N–H and O–H groups in total. The van der Waals surface area contributed by atoms with Crippen LogP contribution in [0, 0.1) is 0 Å². The number of carbonyl (C=O) groups excluding carboxylic acids is 2. The first-order valence-electron chi connectivity index (χ1n) is 5.19. The van der Waals surface area contributed by atoms with E-state index >= 15 is 0 Å². The second kappa shape index (κ2) is 6.43. The van der Waals surface area contributed by atoms with Crippen LogP contribution >= 0.6 is 11.3 Å². The van der Waals surface area contributed by atoms with Crippen LogP contribution in [-0.2, 0) is 4.79 Å². The van der Waals surface area contributed by atoms with Crippen molar-refractivity contribution >= 4 is 23.2 Å². The number of carboxylic acid groups (broad SMARTS) is 1. The lowest BCUT2D eigenvalue weighted by molar-refractivity contribution is -0.255. The van der Waals surface area contributed by atoms with Gasteiger partial charge in [0.1, 0.15) is 17.1 Å². The number of hydrogen-bond acceptors (Lipinski definition) is 7. The highest BCUT2D eigenvalue weighted by atomic mass is 32.1. The van der Waals surface area contributed by atoms with Gasteiger partial charge in [0.25, 0.3) is 0 Å². The normalized spacial score (nSPS) is 13.9. The molecule has 0 saturated carbocycles. The SMILES string of the molecule is CC(=O)NCCC(O)C(O)c1csc(C(=O)[O-])n1. The quantitative estimate of drug-likeness (QED) is 0.575. The van der Waals surface area contributed by atoms with Crippen molar-refractivity contribution in [3.8, 4) is 0 Å². The molecule has 2 unspecified atom stereocenters. The summed E-state index contributed by atoms with van der Waals surface area (Å²) in [7, 11) is 0. The Morgan fingerprint density at radius 2 is 2.22 bits per heavy atom. The van der Waals surface area contributed by atoms with Crippen LogP contribution in [0.2, 0.25) is 0 Å². The van der Waals surface area contributed by atoms with E-state index in [2.05, 4.69) is 10.3 Å². The molecule has 1 amide bonds. The van der Waals surface area contributed by atoms with E-state index in [1.54, 1.807) is 0 Å². The van der Waals surface area contributed by atoms with E-state index in [9.17, 15) is 24.9 Å². The van der Waals surface area contributed by atoms with Crippen molar-refractivity contribution in [3.05, 3.63) is 16.1 Å². The lowest BCUT2D eigenvalue weighted by Crippen LogP contribution is -2.28. The summed E-state index contributed by atoms with van der Waals surface area (Å²) in [4.78, 5) is 24.7. The first-order chi connectivity index (χ1) is 8.41. The van der Waals surface area contributed by atoms with Gasteiger partial charge < -0.3 is 25.4 Å². The number of carboxylic acids is 1. The van der Waals surface area contributed by atoms with E-state index in [1.807, 2.05) is 0 Å². The molecular formula is C10H13N2O5S-. The Bertz CT molecular complexity index is 434. The van der Waals surface area contributed by atoms with Gasteiger partial charge in [-0.2, -0.15) is 0 Å². The molecule has 0 aliphatic heterocycles. The van der Waals surface area contributed by atoms with Crippen LogP contribution in [0.15, 0.2) is 5.38 Å². The molecule has 0 radical (unpaired) electrons. The third-order valence-corrected chi connectivity index (χ3v) is 3.02. The summed E-state index contributed by atoms with van der Waals surface area (Å²) in [6, 6.07) is 0. The summed E-state index contributed by atoms with van der Waals surface area (Å²) in [5.41, 5.74) is 0.0783. The maximum absolute atomic E-state index is 10.6. The molecule has 0 saturated heterocycles. The molecular weight excluding hydrogens is 260 g/mol. The number of aliphatic hydroxyl groups is 2. The molecule has 0 aliphatic carbocycles. The number of thiazole rings is 1. The predicted molar refractivity (Wildman–Crippen MR) is 60.7 cm³/mol. The van der Waals surface area contributed by atoms with Crippen molar-refractivity contribution in [2.24, 2.45) is 0 Å². The number of aromatic carboxylic acids is 1.